The highest BCUT2D eigenvalue weighted by molar-refractivity contribution is 6.07. The van der Waals surface area contributed by atoms with Crippen molar-refractivity contribution in [1.29, 1.82) is 0 Å². The second-order valence-electron chi connectivity index (χ2n) is 7.18. The molecule has 0 saturated carbocycles. The van der Waals surface area contributed by atoms with Crippen molar-refractivity contribution in [2.45, 2.75) is 6.92 Å². The number of nitrogens with one attached hydrogen (secondary N) is 2. The van der Waals surface area contributed by atoms with E-state index in [0.717, 1.165) is 17.1 Å². The van der Waals surface area contributed by atoms with Gasteiger partial charge in [0.2, 0.25) is 0 Å². The predicted molar refractivity (Wildman–Crippen MR) is 128 cm³/mol. The van der Waals surface area contributed by atoms with Crippen LogP contribution in [0.3, 0.4) is 0 Å². The number of carbonyl (C=O) groups is 2. The van der Waals surface area contributed by atoms with E-state index in [2.05, 4.69) is 15.6 Å². The minimum atomic E-state index is -0.500. The van der Waals surface area contributed by atoms with Gasteiger partial charge in [-0.2, -0.15) is 0 Å². The number of pyridine rings is 1. The van der Waals surface area contributed by atoms with E-state index in [9.17, 15) is 9.59 Å². The SMILES string of the molecule is CCOC(=O)c1cnc2ccc(C(=O)OC)cc2c1Nc1ccc(Nc2ccccc2)cc1. The highest BCUT2D eigenvalue weighted by atomic mass is 16.5. The zero-order chi connectivity index (χ0) is 23.2. The Morgan fingerprint density at radius 1 is 0.848 bits per heavy atom. The Labute approximate surface area is 191 Å². The molecule has 166 valence electrons. The maximum atomic E-state index is 12.6. The molecule has 1 heterocycles. The first-order valence-electron chi connectivity index (χ1n) is 10.5. The van der Waals surface area contributed by atoms with Gasteiger partial charge in [-0.05, 0) is 61.5 Å². The van der Waals surface area contributed by atoms with Crippen molar-refractivity contribution < 1.29 is 19.1 Å². The van der Waals surface area contributed by atoms with Crippen LogP contribution in [0.5, 0.6) is 0 Å². The molecule has 7 nitrogen and oxygen atoms in total. The molecule has 0 aliphatic carbocycles. The summed E-state index contributed by atoms with van der Waals surface area (Å²) in [5.74, 6) is -0.971. The second kappa shape index (κ2) is 9.82. The van der Waals surface area contributed by atoms with E-state index < -0.39 is 11.9 Å². The molecule has 0 atom stereocenters. The zero-order valence-electron chi connectivity index (χ0n) is 18.3. The number of carbonyl (C=O) groups excluding carboxylic acids is 2. The van der Waals surface area contributed by atoms with Crippen molar-refractivity contribution in [1.82, 2.24) is 4.98 Å². The van der Waals surface area contributed by atoms with Gasteiger partial charge in [-0.1, -0.05) is 18.2 Å². The number of aromatic nitrogens is 1. The van der Waals surface area contributed by atoms with E-state index in [4.69, 9.17) is 9.47 Å². The number of nitrogens with zero attached hydrogens (tertiary/aromatic N) is 1. The lowest BCUT2D eigenvalue weighted by Gasteiger charge is -2.15. The predicted octanol–water partition coefficient (Wildman–Crippen LogP) is 5.69. The molecule has 4 rings (SSSR count). The number of hydrogen-bond acceptors (Lipinski definition) is 7. The van der Waals surface area contributed by atoms with Gasteiger partial charge in [-0.25, -0.2) is 9.59 Å². The van der Waals surface area contributed by atoms with Crippen LogP contribution in [-0.4, -0.2) is 30.6 Å². The second-order valence-corrected chi connectivity index (χ2v) is 7.18. The van der Waals surface area contributed by atoms with Crippen LogP contribution in [-0.2, 0) is 9.47 Å². The number of fused-ring (bicyclic) bond motifs is 1. The fourth-order valence-corrected chi connectivity index (χ4v) is 3.41. The maximum Gasteiger partial charge on any atom is 0.341 e. The number of para-hydroxylation sites is 1. The summed E-state index contributed by atoms with van der Waals surface area (Å²) < 4.78 is 10.1. The normalized spacial score (nSPS) is 10.5. The molecular weight excluding hydrogens is 418 g/mol. The standard InChI is InChI=1S/C26H23N3O4/c1-3-33-26(31)22-16-27-23-14-9-17(25(30)32-2)15-21(23)24(22)29-20-12-10-19(11-13-20)28-18-7-5-4-6-8-18/h4-16,28H,3H2,1-2H3,(H,27,29). The quantitative estimate of drug-likeness (QED) is 0.356. The van der Waals surface area contributed by atoms with Gasteiger partial charge < -0.3 is 20.1 Å². The van der Waals surface area contributed by atoms with Crippen LogP contribution in [0.4, 0.5) is 22.7 Å². The van der Waals surface area contributed by atoms with Crippen molar-refractivity contribution in [3.05, 3.63) is 90.1 Å². The van der Waals surface area contributed by atoms with Crippen LogP contribution in [0.15, 0.2) is 79.0 Å². The Kier molecular flexibility index (Phi) is 6.50. The average Bonchev–Trinajstić information content (AvgIpc) is 2.85. The fourth-order valence-electron chi connectivity index (χ4n) is 3.41. The summed E-state index contributed by atoms with van der Waals surface area (Å²) in [5, 5.41) is 7.25. The topological polar surface area (TPSA) is 89.5 Å². The number of methoxy groups -OCH3 is 1. The Bertz CT molecular complexity index is 1290. The van der Waals surface area contributed by atoms with Gasteiger partial charge in [-0.3, -0.25) is 4.98 Å². The van der Waals surface area contributed by atoms with Crippen molar-refractivity contribution >= 4 is 45.6 Å². The molecule has 0 fully saturated rings. The molecule has 3 aromatic carbocycles. The van der Waals surface area contributed by atoms with Gasteiger partial charge in [0.15, 0.2) is 0 Å². The third kappa shape index (κ3) is 4.93. The van der Waals surface area contributed by atoms with Crippen molar-refractivity contribution in [3.63, 3.8) is 0 Å². The van der Waals surface area contributed by atoms with Gasteiger partial charge in [0.1, 0.15) is 5.56 Å². The first-order valence-corrected chi connectivity index (χ1v) is 10.5. The molecule has 0 saturated heterocycles. The molecule has 2 N–H and O–H groups in total. The van der Waals surface area contributed by atoms with Crippen LogP contribution >= 0.6 is 0 Å². The number of rotatable bonds is 7. The molecule has 0 unspecified atom stereocenters. The van der Waals surface area contributed by atoms with Crippen LogP contribution in [0, 0.1) is 0 Å². The van der Waals surface area contributed by atoms with E-state index in [1.165, 1.54) is 13.3 Å². The molecule has 0 amide bonds. The summed E-state index contributed by atoms with van der Waals surface area (Å²) in [7, 11) is 1.32. The Morgan fingerprint density at radius 2 is 1.52 bits per heavy atom. The van der Waals surface area contributed by atoms with Crippen molar-refractivity contribution in [3.8, 4) is 0 Å². The number of anilines is 4. The first-order chi connectivity index (χ1) is 16.1. The van der Waals surface area contributed by atoms with Crippen molar-refractivity contribution in [2.75, 3.05) is 24.4 Å². The third-order valence-corrected chi connectivity index (χ3v) is 5.00. The lowest BCUT2D eigenvalue weighted by atomic mass is 10.1. The average molecular weight is 441 g/mol. The number of ether oxygens (including phenoxy) is 2. The van der Waals surface area contributed by atoms with Crippen LogP contribution < -0.4 is 10.6 Å². The van der Waals surface area contributed by atoms with Gasteiger partial charge in [-0.15, -0.1) is 0 Å². The number of benzene rings is 3. The minimum Gasteiger partial charge on any atom is -0.465 e. The lowest BCUT2D eigenvalue weighted by Crippen LogP contribution is -2.10. The van der Waals surface area contributed by atoms with Crippen molar-refractivity contribution in [2.24, 2.45) is 0 Å². The van der Waals surface area contributed by atoms with E-state index in [1.54, 1.807) is 25.1 Å². The Balaban J connectivity index is 1.71. The van der Waals surface area contributed by atoms with Gasteiger partial charge >= 0.3 is 11.9 Å². The van der Waals surface area contributed by atoms with Gasteiger partial charge in [0.25, 0.3) is 0 Å². The first kappa shape index (κ1) is 21.8. The van der Waals surface area contributed by atoms with E-state index in [0.29, 0.717) is 22.2 Å². The minimum absolute atomic E-state index is 0.234. The van der Waals surface area contributed by atoms with Crippen LogP contribution in [0.2, 0.25) is 0 Å². The lowest BCUT2D eigenvalue weighted by molar-refractivity contribution is 0.0526. The maximum absolute atomic E-state index is 12.6. The summed E-state index contributed by atoms with van der Waals surface area (Å²) in [6.07, 6.45) is 1.48. The molecule has 1 aromatic heterocycles. The zero-order valence-corrected chi connectivity index (χ0v) is 18.3. The highest BCUT2D eigenvalue weighted by Crippen LogP contribution is 2.31. The van der Waals surface area contributed by atoms with E-state index in [1.807, 2.05) is 54.6 Å². The number of hydrogen-bond donors (Lipinski definition) is 2. The summed E-state index contributed by atoms with van der Waals surface area (Å²) in [5.41, 5.74) is 4.43. The van der Waals surface area contributed by atoms with Crippen LogP contribution in [0.25, 0.3) is 10.9 Å². The smallest absolute Gasteiger partial charge is 0.341 e. The van der Waals surface area contributed by atoms with Gasteiger partial charge in [0.05, 0.1) is 30.5 Å². The summed E-state index contributed by atoms with van der Waals surface area (Å²) in [6, 6.07) is 22.5. The molecule has 0 radical (unpaired) electrons. The third-order valence-electron chi connectivity index (χ3n) is 5.00. The Hall–Kier alpha value is -4.39. The summed E-state index contributed by atoms with van der Waals surface area (Å²) in [4.78, 5) is 29.1. The van der Waals surface area contributed by atoms with E-state index in [-0.39, 0.29) is 12.2 Å². The largest absolute Gasteiger partial charge is 0.465 e. The molecule has 0 bridgehead atoms. The fraction of sp³-hybridized carbons (Fsp3) is 0.115. The molecular formula is C26H23N3O4. The van der Waals surface area contributed by atoms with Crippen LogP contribution in [0.1, 0.15) is 27.6 Å². The van der Waals surface area contributed by atoms with Gasteiger partial charge in [0, 0.05) is 28.6 Å². The van der Waals surface area contributed by atoms with E-state index >= 15 is 0 Å². The molecule has 0 aliphatic rings. The Morgan fingerprint density at radius 3 is 2.18 bits per heavy atom. The molecule has 33 heavy (non-hydrogen) atoms. The number of esters is 2. The summed E-state index contributed by atoms with van der Waals surface area (Å²) >= 11 is 0. The summed E-state index contributed by atoms with van der Waals surface area (Å²) in [6.45, 7) is 1.98. The molecule has 0 spiro atoms. The monoisotopic (exact) mass is 441 g/mol. The highest BCUT2D eigenvalue weighted by Gasteiger charge is 2.18. The molecule has 4 aromatic rings. The molecule has 0 aliphatic heterocycles. The molecule has 7 heteroatoms.